The van der Waals surface area contributed by atoms with E-state index in [9.17, 15) is 5.11 Å². The predicted molar refractivity (Wildman–Crippen MR) is 90.9 cm³/mol. The summed E-state index contributed by atoms with van der Waals surface area (Å²) >= 11 is 0. The molecule has 1 N–H and O–H groups in total. The van der Waals surface area contributed by atoms with E-state index < -0.39 is 5.60 Å². The Balaban J connectivity index is 3.35. The highest BCUT2D eigenvalue weighted by Crippen LogP contribution is 2.21. The summed E-state index contributed by atoms with van der Waals surface area (Å²) in [5.74, 6) is 0. The molecule has 0 fully saturated rings. The molecule has 0 aromatic carbocycles. The molecule has 1 radical (unpaired) electrons. The smallest absolute Gasteiger partial charge is 0.0651 e. The monoisotopic (exact) mass is 283 g/mol. The Bertz CT molecular complexity index is 186. The van der Waals surface area contributed by atoms with Gasteiger partial charge in [-0.3, -0.25) is 0 Å². The number of hydrogen-bond donors (Lipinski definition) is 1. The van der Waals surface area contributed by atoms with Crippen LogP contribution in [0.5, 0.6) is 0 Å². The van der Waals surface area contributed by atoms with Gasteiger partial charge in [-0.05, 0) is 26.2 Å². The van der Waals surface area contributed by atoms with Crippen molar-refractivity contribution < 1.29 is 5.11 Å². The van der Waals surface area contributed by atoms with Crippen molar-refractivity contribution in [2.24, 2.45) is 0 Å². The van der Waals surface area contributed by atoms with Crippen LogP contribution in [-0.2, 0) is 0 Å². The zero-order chi connectivity index (χ0) is 15.1. The van der Waals surface area contributed by atoms with E-state index in [-0.39, 0.29) is 0 Å². The second kappa shape index (κ2) is 13.9. The number of unbranched alkanes of at least 4 members (excludes halogenated alkanes) is 11. The minimum Gasteiger partial charge on any atom is -0.390 e. The first-order valence-electron chi connectivity index (χ1n) is 9.19. The van der Waals surface area contributed by atoms with Gasteiger partial charge in [-0.2, -0.15) is 0 Å². The lowest BCUT2D eigenvalue weighted by atomic mass is 9.91. The van der Waals surface area contributed by atoms with Crippen molar-refractivity contribution in [3.63, 3.8) is 0 Å². The lowest BCUT2D eigenvalue weighted by Gasteiger charge is -2.22. The van der Waals surface area contributed by atoms with E-state index in [2.05, 4.69) is 20.3 Å². The molecule has 0 aromatic rings. The summed E-state index contributed by atoms with van der Waals surface area (Å²) in [5, 5.41) is 10.3. The van der Waals surface area contributed by atoms with Crippen molar-refractivity contribution >= 4 is 0 Å². The summed E-state index contributed by atoms with van der Waals surface area (Å²) in [4.78, 5) is 0. The van der Waals surface area contributed by atoms with Gasteiger partial charge in [0, 0.05) is 0 Å². The van der Waals surface area contributed by atoms with Crippen molar-refractivity contribution in [1.29, 1.82) is 0 Å². The number of hydrogen-bond acceptors (Lipinski definition) is 1. The van der Waals surface area contributed by atoms with E-state index in [1.807, 2.05) is 6.92 Å². The van der Waals surface area contributed by atoms with Crippen LogP contribution in [-0.4, -0.2) is 10.7 Å². The molecule has 1 atom stereocenters. The summed E-state index contributed by atoms with van der Waals surface area (Å²) in [7, 11) is 0. The molecule has 0 aromatic heterocycles. The summed E-state index contributed by atoms with van der Waals surface area (Å²) in [6, 6.07) is 0. The molecule has 0 rings (SSSR count). The van der Waals surface area contributed by atoms with Gasteiger partial charge in [0.25, 0.3) is 0 Å². The Morgan fingerprint density at radius 3 is 1.70 bits per heavy atom. The van der Waals surface area contributed by atoms with Crippen molar-refractivity contribution in [2.75, 3.05) is 0 Å². The van der Waals surface area contributed by atoms with E-state index in [0.29, 0.717) is 0 Å². The molecule has 0 bridgehead atoms. The van der Waals surface area contributed by atoms with Crippen LogP contribution in [0.2, 0.25) is 0 Å². The fourth-order valence-corrected chi connectivity index (χ4v) is 2.70. The summed E-state index contributed by atoms with van der Waals surface area (Å²) in [6.45, 7) is 6.49. The van der Waals surface area contributed by atoms with Gasteiger partial charge in [-0.1, -0.05) is 90.9 Å². The van der Waals surface area contributed by atoms with Gasteiger partial charge >= 0.3 is 0 Å². The van der Waals surface area contributed by atoms with Gasteiger partial charge in [0.15, 0.2) is 0 Å². The molecule has 1 heteroatoms. The van der Waals surface area contributed by atoms with Crippen molar-refractivity contribution in [2.45, 2.75) is 116 Å². The first-order valence-corrected chi connectivity index (χ1v) is 9.19. The first kappa shape index (κ1) is 20.0. The van der Waals surface area contributed by atoms with Gasteiger partial charge in [0.2, 0.25) is 0 Å². The predicted octanol–water partition coefficient (Wildman–Crippen LogP) is 6.44. The zero-order valence-electron chi connectivity index (χ0n) is 14.4. The molecule has 1 nitrogen and oxygen atoms in total. The molecule has 0 aliphatic heterocycles. The topological polar surface area (TPSA) is 20.2 Å². The summed E-state index contributed by atoms with van der Waals surface area (Å²) in [5.41, 5.74) is -0.534. The minimum absolute atomic E-state index is 0.534. The molecular formula is C19H39O. The van der Waals surface area contributed by atoms with Crippen molar-refractivity contribution in [3.05, 3.63) is 6.42 Å². The van der Waals surface area contributed by atoms with Crippen molar-refractivity contribution in [3.8, 4) is 0 Å². The maximum atomic E-state index is 10.3. The van der Waals surface area contributed by atoms with Crippen LogP contribution in [0.25, 0.3) is 0 Å². The standard InChI is InChI=1S/C19H39O/c1-4-6-8-10-12-14-16-18-19(3,20)17-15-13-11-9-7-5-2/h18,20H,4-17H2,1-3H3. The summed E-state index contributed by atoms with van der Waals surface area (Å²) < 4.78 is 0. The van der Waals surface area contributed by atoms with Crippen LogP contribution >= 0.6 is 0 Å². The first-order chi connectivity index (χ1) is 9.62. The quantitative estimate of drug-likeness (QED) is 0.343. The third-order valence-corrected chi connectivity index (χ3v) is 4.18. The average Bonchev–Trinajstić information content (AvgIpc) is 2.41. The minimum atomic E-state index is -0.534. The van der Waals surface area contributed by atoms with Gasteiger partial charge in [-0.15, -0.1) is 0 Å². The van der Waals surface area contributed by atoms with Gasteiger partial charge in [0.05, 0.1) is 5.60 Å². The molecule has 0 saturated carbocycles. The number of aliphatic hydroxyl groups is 1. The fourth-order valence-electron chi connectivity index (χ4n) is 2.70. The molecule has 0 saturated heterocycles. The summed E-state index contributed by atoms with van der Waals surface area (Å²) in [6.07, 6.45) is 20.0. The van der Waals surface area contributed by atoms with Crippen LogP contribution in [0.1, 0.15) is 111 Å². The third kappa shape index (κ3) is 14.4. The normalized spacial score (nSPS) is 14.4. The van der Waals surface area contributed by atoms with Crippen LogP contribution in [0.3, 0.4) is 0 Å². The zero-order valence-corrected chi connectivity index (χ0v) is 14.4. The molecule has 1 unspecified atom stereocenters. The maximum absolute atomic E-state index is 10.3. The third-order valence-electron chi connectivity index (χ3n) is 4.18. The van der Waals surface area contributed by atoms with Gasteiger partial charge in [-0.25, -0.2) is 0 Å². The van der Waals surface area contributed by atoms with Gasteiger partial charge in [0.1, 0.15) is 0 Å². The Kier molecular flexibility index (Phi) is 13.9. The lowest BCUT2D eigenvalue weighted by Crippen LogP contribution is -2.24. The van der Waals surface area contributed by atoms with Crippen LogP contribution in [0.15, 0.2) is 0 Å². The molecule has 0 aliphatic carbocycles. The number of rotatable bonds is 15. The lowest BCUT2D eigenvalue weighted by molar-refractivity contribution is 0.0775. The van der Waals surface area contributed by atoms with E-state index in [4.69, 9.17) is 0 Å². The highest BCUT2D eigenvalue weighted by Gasteiger charge is 2.19. The van der Waals surface area contributed by atoms with Crippen molar-refractivity contribution in [1.82, 2.24) is 0 Å². The molecule has 121 valence electrons. The Labute approximate surface area is 128 Å². The van der Waals surface area contributed by atoms with E-state index in [1.165, 1.54) is 77.0 Å². The highest BCUT2D eigenvalue weighted by molar-refractivity contribution is 4.88. The molecule has 0 aliphatic rings. The Hall–Kier alpha value is -0.0400. The fraction of sp³-hybridized carbons (Fsp3) is 0.947. The van der Waals surface area contributed by atoms with Gasteiger partial charge < -0.3 is 5.11 Å². The molecule has 0 heterocycles. The SMILES string of the molecule is CCCCCCCC[CH]C(C)(O)CCCCCCCC. The van der Waals surface area contributed by atoms with Crippen LogP contribution in [0, 0.1) is 6.42 Å². The molecular weight excluding hydrogens is 244 g/mol. The molecule has 20 heavy (non-hydrogen) atoms. The largest absolute Gasteiger partial charge is 0.390 e. The Morgan fingerprint density at radius 1 is 0.700 bits per heavy atom. The van der Waals surface area contributed by atoms with E-state index in [1.54, 1.807) is 0 Å². The second-order valence-corrected chi connectivity index (χ2v) is 6.64. The van der Waals surface area contributed by atoms with E-state index >= 15 is 0 Å². The average molecular weight is 284 g/mol. The maximum Gasteiger partial charge on any atom is 0.0651 e. The second-order valence-electron chi connectivity index (χ2n) is 6.64. The Morgan fingerprint density at radius 2 is 1.15 bits per heavy atom. The van der Waals surface area contributed by atoms with Crippen LogP contribution in [0.4, 0.5) is 0 Å². The molecule has 0 amide bonds. The van der Waals surface area contributed by atoms with E-state index in [0.717, 1.165) is 12.8 Å². The molecule has 0 spiro atoms. The van der Waals surface area contributed by atoms with Crippen LogP contribution < -0.4 is 0 Å². The highest BCUT2D eigenvalue weighted by atomic mass is 16.3.